The molecule has 1 amide bonds. The van der Waals surface area contributed by atoms with E-state index in [1.807, 2.05) is 0 Å². The normalized spacial score (nSPS) is 21.9. The van der Waals surface area contributed by atoms with Gasteiger partial charge in [0.1, 0.15) is 17.8 Å². The number of benzene rings is 1. The highest BCUT2D eigenvalue weighted by atomic mass is 16.3. The van der Waals surface area contributed by atoms with Crippen LogP contribution in [-0.4, -0.2) is 82.7 Å². The van der Waals surface area contributed by atoms with Crippen molar-refractivity contribution in [3.63, 3.8) is 0 Å². The number of amides is 1. The van der Waals surface area contributed by atoms with Gasteiger partial charge in [0.15, 0.2) is 0 Å². The number of β-amino-alcohol motifs (C(OH)–C–C–N with tert-alkyl or cyclic N) is 1. The van der Waals surface area contributed by atoms with E-state index >= 15 is 0 Å². The van der Waals surface area contributed by atoms with Crippen LogP contribution in [0.3, 0.4) is 0 Å². The van der Waals surface area contributed by atoms with E-state index in [0.29, 0.717) is 30.1 Å². The van der Waals surface area contributed by atoms with Gasteiger partial charge < -0.3 is 20.6 Å². The zero-order valence-corrected chi connectivity index (χ0v) is 19.7. The summed E-state index contributed by atoms with van der Waals surface area (Å²) in [7, 11) is 4.27. The minimum atomic E-state index is -0.634. The van der Waals surface area contributed by atoms with Crippen molar-refractivity contribution >= 4 is 11.7 Å². The number of carbonyl (C=O) groups is 1. The molecule has 2 aromatic rings. The third-order valence-corrected chi connectivity index (χ3v) is 6.86. The second-order valence-corrected chi connectivity index (χ2v) is 9.52. The topological polar surface area (TPSA) is 93.6 Å². The Kier molecular flexibility index (Phi) is 7.90. The van der Waals surface area contributed by atoms with E-state index in [9.17, 15) is 9.90 Å². The van der Waals surface area contributed by atoms with E-state index in [2.05, 4.69) is 68.8 Å². The zero-order valence-electron chi connectivity index (χ0n) is 19.7. The number of nitrogens with one attached hydrogen (secondary N) is 2. The number of aliphatic hydroxyl groups is 1. The van der Waals surface area contributed by atoms with Crippen LogP contribution >= 0.6 is 0 Å². The maximum absolute atomic E-state index is 12.6. The SMILES string of the molecule is CN(C)[C@H]1CC[C@@H](Nc2cc(C(=O)NC[C@H](O)CN3CCc4ccccc4C3)ncn2)CC1. The summed E-state index contributed by atoms with van der Waals surface area (Å²) in [6.07, 6.45) is 6.26. The quantitative estimate of drug-likeness (QED) is 0.563. The van der Waals surface area contributed by atoms with Crippen LogP contribution in [-0.2, 0) is 13.0 Å². The lowest BCUT2D eigenvalue weighted by molar-refractivity contribution is 0.0838. The Morgan fingerprint density at radius 2 is 1.94 bits per heavy atom. The molecule has 3 N–H and O–H groups in total. The third kappa shape index (κ3) is 6.50. The summed E-state index contributed by atoms with van der Waals surface area (Å²) < 4.78 is 0. The van der Waals surface area contributed by atoms with Gasteiger partial charge in [-0.05, 0) is 57.3 Å². The molecular formula is C25H36N6O2. The lowest BCUT2D eigenvalue weighted by Gasteiger charge is -2.33. The van der Waals surface area contributed by atoms with E-state index < -0.39 is 6.10 Å². The molecule has 8 nitrogen and oxygen atoms in total. The molecule has 178 valence electrons. The van der Waals surface area contributed by atoms with Crippen LogP contribution in [0, 0.1) is 0 Å². The van der Waals surface area contributed by atoms with Gasteiger partial charge in [-0.2, -0.15) is 0 Å². The first-order valence-electron chi connectivity index (χ1n) is 12.0. The van der Waals surface area contributed by atoms with Gasteiger partial charge in [-0.3, -0.25) is 9.69 Å². The van der Waals surface area contributed by atoms with Crippen LogP contribution in [0.1, 0.15) is 47.3 Å². The molecule has 2 heterocycles. The summed E-state index contributed by atoms with van der Waals surface area (Å²) in [6, 6.07) is 11.1. The van der Waals surface area contributed by atoms with Crippen LogP contribution in [0.4, 0.5) is 5.82 Å². The maximum atomic E-state index is 12.6. The molecular weight excluding hydrogens is 416 g/mol. The molecule has 1 aromatic heterocycles. The first-order valence-corrected chi connectivity index (χ1v) is 12.0. The number of nitrogens with zero attached hydrogens (tertiary/aromatic N) is 4. The average molecular weight is 453 g/mol. The number of anilines is 1. The standard InChI is InChI=1S/C25H36N6O2/c1-30(2)21-9-7-20(8-10-21)29-24-13-23(27-17-28-24)25(33)26-14-22(32)16-31-12-11-18-5-3-4-6-19(18)15-31/h3-6,13,17,20-22,32H,7-12,14-16H2,1-2H3,(H,26,33)(H,27,28,29)/t20-,21+,22-/m0/s1. The summed E-state index contributed by atoms with van der Waals surface area (Å²) in [5, 5.41) is 16.7. The Balaban J connectivity index is 1.23. The van der Waals surface area contributed by atoms with E-state index in [1.54, 1.807) is 6.07 Å². The summed E-state index contributed by atoms with van der Waals surface area (Å²) in [6.45, 7) is 2.47. The zero-order chi connectivity index (χ0) is 23.2. The molecule has 1 aromatic carbocycles. The van der Waals surface area contributed by atoms with E-state index in [-0.39, 0.29) is 12.5 Å². The van der Waals surface area contributed by atoms with Crippen LogP contribution in [0.2, 0.25) is 0 Å². The fourth-order valence-electron chi connectivity index (χ4n) is 4.88. The van der Waals surface area contributed by atoms with Crippen LogP contribution < -0.4 is 10.6 Å². The van der Waals surface area contributed by atoms with Gasteiger partial charge in [0.2, 0.25) is 0 Å². The number of fused-ring (bicyclic) bond motifs is 1. The summed E-state index contributed by atoms with van der Waals surface area (Å²) in [4.78, 5) is 25.6. The van der Waals surface area contributed by atoms with E-state index in [1.165, 1.54) is 17.5 Å². The Labute approximate surface area is 196 Å². The molecule has 4 rings (SSSR count). The highest BCUT2D eigenvalue weighted by Gasteiger charge is 2.23. The summed E-state index contributed by atoms with van der Waals surface area (Å²) >= 11 is 0. The smallest absolute Gasteiger partial charge is 0.270 e. The van der Waals surface area contributed by atoms with E-state index in [4.69, 9.17) is 0 Å². The Morgan fingerprint density at radius 3 is 2.70 bits per heavy atom. The summed E-state index contributed by atoms with van der Waals surface area (Å²) in [5.74, 6) is 0.385. The highest BCUT2D eigenvalue weighted by Crippen LogP contribution is 2.24. The first kappa shape index (κ1) is 23.6. The van der Waals surface area contributed by atoms with Crippen molar-refractivity contribution in [1.29, 1.82) is 0 Å². The van der Waals surface area contributed by atoms with Gasteiger partial charge in [-0.25, -0.2) is 9.97 Å². The van der Waals surface area contributed by atoms with Crippen LogP contribution in [0.25, 0.3) is 0 Å². The monoisotopic (exact) mass is 452 g/mol. The fourth-order valence-corrected chi connectivity index (χ4v) is 4.88. The predicted molar refractivity (Wildman–Crippen MR) is 129 cm³/mol. The van der Waals surface area contributed by atoms with Crippen molar-refractivity contribution in [2.75, 3.05) is 39.0 Å². The molecule has 1 aliphatic heterocycles. The number of rotatable bonds is 8. The second-order valence-electron chi connectivity index (χ2n) is 9.52. The lowest BCUT2D eigenvalue weighted by Crippen LogP contribution is -2.42. The molecule has 1 fully saturated rings. The molecule has 33 heavy (non-hydrogen) atoms. The minimum absolute atomic E-state index is 0.193. The molecule has 0 bridgehead atoms. The molecule has 2 aliphatic rings. The molecule has 1 saturated carbocycles. The molecule has 0 radical (unpaired) electrons. The second kappa shape index (κ2) is 11.0. The maximum Gasteiger partial charge on any atom is 0.270 e. The third-order valence-electron chi connectivity index (χ3n) is 6.86. The van der Waals surface area contributed by atoms with E-state index in [0.717, 1.165) is 45.2 Å². The molecule has 1 atom stereocenters. The lowest BCUT2D eigenvalue weighted by atomic mass is 9.90. The number of carbonyl (C=O) groups excluding carboxylic acids is 1. The van der Waals surface area contributed by atoms with Crippen molar-refractivity contribution in [3.8, 4) is 0 Å². The number of aromatic nitrogens is 2. The van der Waals surface area contributed by atoms with Gasteiger partial charge in [0, 0.05) is 44.3 Å². The first-order chi connectivity index (χ1) is 16.0. The number of aliphatic hydroxyl groups excluding tert-OH is 1. The molecule has 8 heteroatoms. The Hall–Kier alpha value is -2.55. The fraction of sp³-hybridized carbons (Fsp3) is 0.560. The summed E-state index contributed by atoms with van der Waals surface area (Å²) in [5.41, 5.74) is 3.01. The van der Waals surface area contributed by atoms with Gasteiger partial charge >= 0.3 is 0 Å². The van der Waals surface area contributed by atoms with Crippen LogP contribution in [0.15, 0.2) is 36.7 Å². The predicted octanol–water partition coefficient (Wildman–Crippen LogP) is 1.91. The van der Waals surface area contributed by atoms with Gasteiger partial charge in [0.25, 0.3) is 5.91 Å². The van der Waals surface area contributed by atoms with Gasteiger partial charge in [0.05, 0.1) is 6.10 Å². The Morgan fingerprint density at radius 1 is 1.18 bits per heavy atom. The highest BCUT2D eigenvalue weighted by molar-refractivity contribution is 5.92. The molecule has 1 aliphatic carbocycles. The Bertz CT molecular complexity index is 929. The number of hydrogen-bond donors (Lipinski definition) is 3. The molecule has 0 unspecified atom stereocenters. The number of hydrogen-bond acceptors (Lipinski definition) is 7. The van der Waals surface area contributed by atoms with Gasteiger partial charge in [-0.1, -0.05) is 24.3 Å². The minimum Gasteiger partial charge on any atom is -0.390 e. The largest absolute Gasteiger partial charge is 0.390 e. The van der Waals surface area contributed by atoms with Crippen molar-refractivity contribution < 1.29 is 9.90 Å². The van der Waals surface area contributed by atoms with Crippen molar-refractivity contribution in [3.05, 3.63) is 53.5 Å². The average Bonchev–Trinajstić information content (AvgIpc) is 2.83. The van der Waals surface area contributed by atoms with Gasteiger partial charge in [-0.15, -0.1) is 0 Å². The van der Waals surface area contributed by atoms with Crippen molar-refractivity contribution in [2.24, 2.45) is 0 Å². The van der Waals surface area contributed by atoms with Crippen molar-refractivity contribution in [1.82, 2.24) is 25.1 Å². The van der Waals surface area contributed by atoms with Crippen molar-refractivity contribution in [2.45, 2.75) is 56.8 Å². The molecule has 0 spiro atoms. The van der Waals surface area contributed by atoms with Crippen LogP contribution in [0.5, 0.6) is 0 Å². The molecule has 0 saturated heterocycles.